The van der Waals surface area contributed by atoms with Gasteiger partial charge in [-0.3, -0.25) is 0 Å². The van der Waals surface area contributed by atoms with Crippen LogP contribution in [0.1, 0.15) is 12.0 Å². The Bertz CT molecular complexity index is 516. The molecule has 0 aliphatic carbocycles. The molecule has 2 N–H and O–H groups in total. The summed E-state index contributed by atoms with van der Waals surface area (Å²) < 4.78 is 39.7. The number of aryl methyl sites for hydroxylation is 1. The van der Waals surface area contributed by atoms with Crippen molar-refractivity contribution in [1.82, 2.24) is 10.0 Å². The van der Waals surface area contributed by atoms with Crippen molar-refractivity contribution in [3.8, 4) is 0 Å². The summed E-state index contributed by atoms with van der Waals surface area (Å²) in [5.74, 6) is -0.427. The molecule has 2 rings (SSSR count). The van der Waals surface area contributed by atoms with Crippen molar-refractivity contribution in [3.63, 3.8) is 0 Å². The SMILES string of the molecule is Cc1cc(F)ccc1S(=O)(=O)NC1CCNC1.Cl. The summed E-state index contributed by atoms with van der Waals surface area (Å²) in [6.07, 6.45) is 0.777. The number of nitrogens with one attached hydrogen (secondary N) is 2. The van der Waals surface area contributed by atoms with Crippen LogP contribution >= 0.6 is 12.4 Å². The van der Waals surface area contributed by atoms with E-state index in [1.54, 1.807) is 6.92 Å². The predicted molar refractivity (Wildman–Crippen MR) is 70.0 cm³/mol. The number of halogens is 2. The molecular weight excluding hydrogens is 279 g/mol. The molecule has 7 heteroatoms. The molecule has 102 valence electrons. The van der Waals surface area contributed by atoms with Crippen molar-refractivity contribution in [1.29, 1.82) is 0 Å². The predicted octanol–water partition coefficient (Wildman–Crippen LogP) is 1.20. The van der Waals surface area contributed by atoms with Gasteiger partial charge in [-0.2, -0.15) is 0 Å². The molecule has 0 spiro atoms. The Hall–Kier alpha value is -0.690. The average Bonchev–Trinajstić information content (AvgIpc) is 2.68. The maximum absolute atomic E-state index is 12.9. The van der Waals surface area contributed by atoms with Crippen LogP contribution < -0.4 is 10.0 Å². The average molecular weight is 295 g/mol. The zero-order valence-corrected chi connectivity index (χ0v) is 11.6. The molecule has 18 heavy (non-hydrogen) atoms. The summed E-state index contributed by atoms with van der Waals surface area (Å²) in [5, 5.41) is 3.08. The monoisotopic (exact) mass is 294 g/mol. The molecule has 1 aliphatic heterocycles. The van der Waals surface area contributed by atoms with Crippen molar-refractivity contribution in [2.75, 3.05) is 13.1 Å². The highest BCUT2D eigenvalue weighted by molar-refractivity contribution is 7.89. The van der Waals surface area contributed by atoms with Crippen molar-refractivity contribution in [2.24, 2.45) is 0 Å². The molecule has 1 fully saturated rings. The first-order chi connectivity index (χ1) is 7.99. The van der Waals surface area contributed by atoms with Crippen molar-refractivity contribution >= 4 is 22.4 Å². The third-order valence-electron chi connectivity index (χ3n) is 2.81. The van der Waals surface area contributed by atoms with Crippen LogP contribution in [0.3, 0.4) is 0 Å². The highest BCUT2D eigenvalue weighted by atomic mass is 35.5. The quantitative estimate of drug-likeness (QED) is 0.881. The highest BCUT2D eigenvalue weighted by Crippen LogP contribution is 2.17. The zero-order chi connectivity index (χ0) is 12.5. The van der Waals surface area contributed by atoms with Crippen LogP contribution in [0.5, 0.6) is 0 Å². The van der Waals surface area contributed by atoms with Gasteiger partial charge in [0.2, 0.25) is 10.0 Å². The van der Waals surface area contributed by atoms with E-state index in [4.69, 9.17) is 0 Å². The lowest BCUT2D eigenvalue weighted by atomic mass is 10.2. The van der Waals surface area contributed by atoms with Gasteiger partial charge in [0.15, 0.2) is 0 Å². The van der Waals surface area contributed by atoms with E-state index in [1.165, 1.54) is 12.1 Å². The van der Waals surface area contributed by atoms with E-state index >= 15 is 0 Å². The van der Waals surface area contributed by atoms with E-state index in [0.717, 1.165) is 19.0 Å². The summed E-state index contributed by atoms with van der Waals surface area (Å²) in [6, 6.07) is 3.61. The zero-order valence-electron chi connectivity index (χ0n) is 9.94. The number of hydrogen-bond donors (Lipinski definition) is 2. The van der Waals surface area contributed by atoms with Crippen LogP contribution in [0.4, 0.5) is 4.39 Å². The fourth-order valence-corrected chi connectivity index (χ4v) is 3.45. The molecule has 0 radical (unpaired) electrons. The maximum Gasteiger partial charge on any atom is 0.241 e. The van der Waals surface area contributed by atoms with Gasteiger partial charge in [-0.25, -0.2) is 17.5 Å². The molecule has 0 saturated carbocycles. The standard InChI is InChI=1S/C11H15FN2O2S.ClH/c1-8-6-9(12)2-3-11(8)17(15,16)14-10-4-5-13-7-10;/h2-3,6,10,13-14H,4-5,7H2,1H3;1H. The van der Waals surface area contributed by atoms with Gasteiger partial charge in [0.05, 0.1) is 4.90 Å². The Morgan fingerprint density at radius 2 is 2.17 bits per heavy atom. The fourth-order valence-electron chi connectivity index (χ4n) is 1.95. The molecular formula is C11H16ClFN2O2S. The lowest BCUT2D eigenvalue weighted by molar-refractivity contribution is 0.559. The second kappa shape index (κ2) is 5.97. The Morgan fingerprint density at radius 1 is 1.44 bits per heavy atom. The molecule has 1 unspecified atom stereocenters. The molecule has 0 amide bonds. The molecule has 1 aliphatic rings. The van der Waals surface area contributed by atoms with Crippen LogP contribution in [0.2, 0.25) is 0 Å². The number of benzene rings is 1. The van der Waals surface area contributed by atoms with Crippen LogP contribution in [0.15, 0.2) is 23.1 Å². The molecule has 1 aromatic carbocycles. The van der Waals surface area contributed by atoms with Crippen LogP contribution in [0, 0.1) is 12.7 Å². The Balaban J connectivity index is 0.00000162. The van der Waals surface area contributed by atoms with E-state index in [9.17, 15) is 12.8 Å². The minimum absolute atomic E-state index is 0. The van der Waals surface area contributed by atoms with Crippen molar-refractivity contribution in [2.45, 2.75) is 24.3 Å². The first-order valence-electron chi connectivity index (χ1n) is 5.48. The van der Waals surface area contributed by atoms with Gasteiger partial charge in [-0.15, -0.1) is 12.4 Å². The Labute approximate surface area is 112 Å². The first kappa shape index (κ1) is 15.4. The van der Waals surface area contributed by atoms with Crippen molar-refractivity contribution in [3.05, 3.63) is 29.6 Å². The Morgan fingerprint density at radius 3 is 2.72 bits per heavy atom. The van der Waals surface area contributed by atoms with E-state index in [0.29, 0.717) is 12.1 Å². The molecule has 1 aromatic rings. The van der Waals surface area contributed by atoms with Crippen LogP contribution in [0.25, 0.3) is 0 Å². The summed E-state index contributed by atoms with van der Waals surface area (Å²) in [7, 11) is -3.55. The number of sulfonamides is 1. The number of hydrogen-bond acceptors (Lipinski definition) is 3. The second-order valence-corrected chi connectivity index (χ2v) is 5.90. The fraction of sp³-hybridized carbons (Fsp3) is 0.455. The lowest BCUT2D eigenvalue weighted by Gasteiger charge is -2.13. The molecule has 0 aromatic heterocycles. The summed E-state index contributed by atoms with van der Waals surface area (Å²) in [6.45, 7) is 3.04. The topological polar surface area (TPSA) is 58.2 Å². The molecule has 1 saturated heterocycles. The third-order valence-corrected chi connectivity index (χ3v) is 4.49. The largest absolute Gasteiger partial charge is 0.315 e. The van der Waals surface area contributed by atoms with E-state index in [2.05, 4.69) is 10.0 Å². The van der Waals surface area contributed by atoms with E-state index < -0.39 is 15.8 Å². The Kier molecular flexibility index (Phi) is 5.10. The highest BCUT2D eigenvalue weighted by Gasteiger charge is 2.23. The summed E-state index contributed by atoms with van der Waals surface area (Å²) >= 11 is 0. The molecule has 4 nitrogen and oxygen atoms in total. The molecule has 1 atom stereocenters. The van der Waals surface area contributed by atoms with Gasteiger partial charge in [-0.1, -0.05) is 0 Å². The van der Waals surface area contributed by atoms with Gasteiger partial charge in [-0.05, 0) is 43.7 Å². The summed E-state index contributed by atoms with van der Waals surface area (Å²) in [4.78, 5) is 0.144. The second-order valence-electron chi connectivity index (χ2n) is 4.22. The minimum atomic E-state index is -3.55. The molecule has 0 bridgehead atoms. The first-order valence-corrected chi connectivity index (χ1v) is 6.96. The van der Waals surface area contributed by atoms with E-state index in [1.807, 2.05) is 0 Å². The van der Waals surface area contributed by atoms with Gasteiger partial charge >= 0.3 is 0 Å². The van der Waals surface area contributed by atoms with Crippen LogP contribution in [-0.4, -0.2) is 27.5 Å². The smallest absolute Gasteiger partial charge is 0.241 e. The van der Waals surface area contributed by atoms with Gasteiger partial charge in [0.1, 0.15) is 5.82 Å². The normalized spacial score (nSPS) is 19.6. The van der Waals surface area contributed by atoms with Gasteiger partial charge < -0.3 is 5.32 Å². The van der Waals surface area contributed by atoms with E-state index in [-0.39, 0.29) is 23.3 Å². The summed E-state index contributed by atoms with van der Waals surface area (Å²) in [5.41, 5.74) is 0.420. The van der Waals surface area contributed by atoms with Crippen molar-refractivity contribution < 1.29 is 12.8 Å². The lowest BCUT2D eigenvalue weighted by Crippen LogP contribution is -2.36. The van der Waals surface area contributed by atoms with Crippen LogP contribution in [-0.2, 0) is 10.0 Å². The minimum Gasteiger partial charge on any atom is -0.315 e. The van der Waals surface area contributed by atoms with Gasteiger partial charge in [0.25, 0.3) is 0 Å². The third kappa shape index (κ3) is 3.41. The maximum atomic E-state index is 12.9. The number of rotatable bonds is 3. The molecule has 1 heterocycles. The van der Waals surface area contributed by atoms with Gasteiger partial charge in [0, 0.05) is 12.6 Å².